The maximum Gasteiger partial charge on any atom is 0.260 e. The summed E-state index contributed by atoms with van der Waals surface area (Å²) in [5, 5.41) is 3.37. The second-order valence-electron chi connectivity index (χ2n) is 4.24. The number of nitrogens with one attached hydrogen (secondary N) is 1. The SMILES string of the molecule is COc1c(Cl)cc(Cl)cc1C(=O)Nc1ncc(I)cc1C. The van der Waals surface area contributed by atoms with Crippen molar-refractivity contribution >= 4 is 57.5 Å². The van der Waals surface area contributed by atoms with E-state index < -0.39 is 0 Å². The van der Waals surface area contributed by atoms with Crippen LogP contribution in [0.4, 0.5) is 5.82 Å². The molecule has 21 heavy (non-hydrogen) atoms. The number of methoxy groups -OCH3 is 1. The van der Waals surface area contributed by atoms with Crippen molar-refractivity contribution in [3.8, 4) is 5.75 Å². The summed E-state index contributed by atoms with van der Waals surface area (Å²) >= 11 is 14.1. The van der Waals surface area contributed by atoms with Gasteiger partial charge in [-0.15, -0.1) is 0 Å². The number of carbonyl (C=O) groups excluding carboxylic acids is 1. The van der Waals surface area contributed by atoms with E-state index in [-0.39, 0.29) is 22.2 Å². The van der Waals surface area contributed by atoms with Crippen LogP contribution < -0.4 is 10.1 Å². The average molecular weight is 437 g/mol. The summed E-state index contributed by atoms with van der Waals surface area (Å²) in [6.07, 6.45) is 1.67. The van der Waals surface area contributed by atoms with E-state index in [0.717, 1.165) is 9.13 Å². The van der Waals surface area contributed by atoms with E-state index >= 15 is 0 Å². The van der Waals surface area contributed by atoms with E-state index in [1.54, 1.807) is 6.20 Å². The molecule has 4 nitrogen and oxygen atoms in total. The van der Waals surface area contributed by atoms with E-state index in [1.807, 2.05) is 13.0 Å². The van der Waals surface area contributed by atoms with Crippen LogP contribution in [0.15, 0.2) is 24.4 Å². The number of hydrogen-bond donors (Lipinski definition) is 1. The van der Waals surface area contributed by atoms with Crippen molar-refractivity contribution in [2.45, 2.75) is 6.92 Å². The summed E-state index contributed by atoms with van der Waals surface area (Å²) in [5.41, 5.74) is 1.12. The molecule has 0 bridgehead atoms. The maximum atomic E-state index is 12.4. The quantitative estimate of drug-likeness (QED) is 0.717. The topological polar surface area (TPSA) is 51.2 Å². The predicted molar refractivity (Wildman–Crippen MR) is 92.7 cm³/mol. The molecule has 1 aromatic carbocycles. The number of amides is 1. The van der Waals surface area contributed by atoms with Crippen molar-refractivity contribution in [3.63, 3.8) is 0 Å². The molecule has 2 rings (SSSR count). The Balaban J connectivity index is 2.36. The van der Waals surface area contributed by atoms with Crippen molar-refractivity contribution in [2.75, 3.05) is 12.4 Å². The molecule has 7 heteroatoms. The first kappa shape index (κ1) is 16.3. The number of pyridine rings is 1. The Labute approximate surface area is 145 Å². The lowest BCUT2D eigenvalue weighted by Gasteiger charge is -2.12. The normalized spacial score (nSPS) is 10.3. The van der Waals surface area contributed by atoms with E-state index in [1.165, 1.54) is 19.2 Å². The van der Waals surface area contributed by atoms with Crippen LogP contribution in [-0.2, 0) is 0 Å². The summed E-state index contributed by atoms with van der Waals surface area (Å²) in [5.74, 6) is 0.383. The van der Waals surface area contributed by atoms with E-state index in [9.17, 15) is 4.79 Å². The first-order valence-corrected chi connectivity index (χ1v) is 7.72. The standard InChI is InChI=1S/C14H11Cl2IN2O2/c1-7-3-9(17)6-18-13(7)19-14(20)10-4-8(15)5-11(16)12(10)21-2/h3-6H,1-2H3,(H,18,19,20). The summed E-state index contributed by atoms with van der Waals surface area (Å²) < 4.78 is 6.16. The molecule has 0 fully saturated rings. The molecule has 0 aliphatic rings. The number of nitrogens with zero attached hydrogens (tertiary/aromatic N) is 1. The molecule has 0 unspecified atom stereocenters. The molecule has 0 saturated heterocycles. The number of aryl methyl sites for hydroxylation is 1. The number of hydrogen-bond acceptors (Lipinski definition) is 3. The Morgan fingerprint density at radius 1 is 1.33 bits per heavy atom. The Kier molecular flexibility index (Phi) is 5.29. The zero-order valence-corrected chi connectivity index (χ0v) is 14.9. The largest absolute Gasteiger partial charge is 0.494 e. The fourth-order valence-corrected chi connectivity index (χ4v) is 2.96. The monoisotopic (exact) mass is 436 g/mol. The van der Waals surface area contributed by atoms with Gasteiger partial charge in [0.15, 0.2) is 0 Å². The van der Waals surface area contributed by atoms with Crippen LogP contribution in [-0.4, -0.2) is 18.0 Å². The number of ether oxygens (including phenoxy) is 1. The fraction of sp³-hybridized carbons (Fsp3) is 0.143. The number of benzene rings is 1. The molecule has 0 atom stereocenters. The highest BCUT2D eigenvalue weighted by molar-refractivity contribution is 14.1. The lowest BCUT2D eigenvalue weighted by Crippen LogP contribution is -2.15. The zero-order chi connectivity index (χ0) is 15.6. The third kappa shape index (κ3) is 3.78. The highest BCUT2D eigenvalue weighted by Gasteiger charge is 2.18. The molecular weight excluding hydrogens is 426 g/mol. The molecule has 1 heterocycles. The predicted octanol–water partition coefficient (Wildman–Crippen LogP) is 4.56. The number of carbonyl (C=O) groups is 1. The second-order valence-corrected chi connectivity index (χ2v) is 6.33. The number of rotatable bonds is 3. The van der Waals surface area contributed by atoms with Crippen LogP contribution in [0, 0.1) is 10.5 Å². The van der Waals surface area contributed by atoms with Gasteiger partial charge in [0.25, 0.3) is 5.91 Å². The second kappa shape index (κ2) is 6.81. The zero-order valence-electron chi connectivity index (χ0n) is 11.2. The van der Waals surface area contributed by atoms with Crippen molar-refractivity contribution in [3.05, 3.63) is 49.1 Å². The van der Waals surface area contributed by atoms with Crippen LogP contribution in [0.25, 0.3) is 0 Å². The Morgan fingerprint density at radius 3 is 2.67 bits per heavy atom. The van der Waals surface area contributed by atoms with Gasteiger partial charge in [-0.3, -0.25) is 4.79 Å². The molecule has 1 aromatic heterocycles. The minimum absolute atomic E-state index is 0.259. The van der Waals surface area contributed by atoms with Crippen molar-refractivity contribution < 1.29 is 9.53 Å². The van der Waals surface area contributed by atoms with Gasteiger partial charge in [0.2, 0.25) is 0 Å². The number of aromatic nitrogens is 1. The van der Waals surface area contributed by atoms with E-state index in [0.29, 0.717) is 10.8 Å². The van der Waals surface area contributed by atoms with Crippen LogP contribution in [0.5, 0.6) is 5.75 Å². The molecule has 110 valence electrons. The van der Waals surface area contributed by atoms with Gasteiger partial charge in [-0.2, -0.15) is 0 Å². The summed E-state index contributed by atoms with van der Waals surface area (Å²) in [6, 6.07) is 4.95. The van der Waals surface area contributed by atoms with Crippen LogP contribution >= 0.6 is 45.8 Å². The van der Waals surface area contributed by atoms with E-state index in [2.05, 4.69) is 32.9 Å². The molecule has 0 aliphatic heterocycles. The first-order valence-electron chi connectivity index (χ1n) is 5.89. The average Bonchev–Trinajstić information content (AvgIpc) is 2.41. The summed E-state index contributed by atoms with van der Waals surface area (Å²) in [6.45, 7) is 1.87. The van der Waals surface area contributed by atoms with Gasteiger partial charge in [0, 0.05) is 14.8 Å². The highest BCUT2D eigenvalue weighted by atomic mass is 127. The lowest BCUT2D eigenvalue weighted by molar-refractivity contribution is 0.102. The molecule has 1 N–H and O–H groups in total. The van der Waals surface area contributed by atoms with Gasteiger partial charge in [-0.25, -0.2) is 4.98 Å². The fourth-order valence-electron chi connectivity index (χ4n) is 1.78. The Morgan fingerprint density at radius 2 is 2.05 bits per heavy atom. The van der Waals surface area contributed by atoms with Gasteiger partial charge in [0.05, 0.1) is 17.7 Å². The van der Waals surface area contributed by atoms with Crippen molar-refractivity contribution in [1.29, 1.82) is 0 Å². The smallest absolute Gasteiger partial charge is 0.260 e. The van der Waals surface area contributed by atoms with Crippen LogP contribution in [0.1, 0.15) is 15.9 Å². The minimum Gasteiger partial charge on any atom is -0.494 e. The highest BCUT2D eigenvalue weighted by Crippen LogP contribution is 2.32. The van der Waals surface area contributed by atoms with Gasteiger partial charge in [0.1, 0.15) is 11.6 Å². The molecule has 2 aromatic rings. The first-order chi connectivity index (χ1) is 9.92. The number of halogens is 3. The molecule has 0 saturated carbocycles. The van der Waals surface area contributed by atoms with E-state index in [4.69, 9.17) is 27.9 Å². The minimum atomic E-state index is -0.381. The van der Waals surface area contributed by atoms with Gasteiger partial charge in [-0.1, -0.05) is 23.2 Å². The lowest BCUT2D eigenvalue weighted by atomic mass is 10.1. The Bertz CT molecular complexity index is 708. The van der Waals surface area contributed by atoms with Crippen LogP contribution in [0.3, 0.4) is 0 Å². The third-order valence-corrected chi connectivity index (χ3v) is 3.82. The molecular formula is C14H11Cl2IN2O2. The van der Waals surface area contributed by atoms with Gasteiger partial charge in [-0.05, 0) is 53.3 Å². The summed E-state index contributed by atoms with van der Waals surface area (Å²) in [4.78, 5) is 16.6. The van der Waals surface area contributed by atoms with Crippen LogP contribution in [0.2, 0.25) is 10.0 Å². The number of anilines is 1. The third-order valence-electron chi connectivity index (χ3n) is 2.73. The Hall–Kier alpha value is -1.05. The molecule has 0 spiro atoms. The molecule has 0 aliphatic carbocycles. The summed E-state index contributed by atoms with van der Waals surface area (Å²) in [7, 11) is 1.44. The van der Waals surface area contributed by atoms with Gasteiger partial charge < -0.3 is 10.1 Å². The molecule has 1 amide bonds. The maximum absolute atomic E-state index is 12.4. The van der Waals surface area contributed by atoms with Gasteiger partial charge >= 0.3 is 0 Å². The molecule has 0 radical (unpaired) electrons. The van der Waals surface area contributed by atoms with Crippen molar-refractivity contribution in [1.82, 2.24) is 4.98 Å². The van der Waals surface area contributed by atoms with Crippen molar-refractivity contribution in [2.24, 2.45) is 0 Å².